The molecule has 4 aromatic rings. The van der Waals surface area contributed by atoms with Gasteiger partial charge >= 0.3 is 5.69 Å². The first-order valence-electron chi connectivity index (χ1n) is 10.9. The lowest BCUT2D eigenvalue weighted by atomic mass is 10.0. The van der Waals surface area contributed by atoms with Gasteiger partial charge in [0.05, 0.1) is 17.4 Å². The highest BCUT2D eigenvalue weighted by Gasteiger charge is 2.24. The number of amides is 1. The minimum absolute atomic E-state index is 0.0976. The van der Waals surface area contributed by atoms with Crippen molar-refractivity contribution in [2.75, 3.05) is 11.4 Å². The zero-order valence-corrected chi connectivity index (χ0v) is 18.7. The Morgan fingerprint density at radius 1 is 0.879 bits per heavy atom. The van der Waals surface area contributed by atoms with Gasteiger partial charge in [0.15, 0.2) is 0 Å². The van der Waals surface area contributed by atoms with E-state index in [4.69, 9.17) is 11.6 Å². The van der Waals surface area contributed by atoms with Gasteiger partial charge in [-0.25, -0.2) is 4.79 Å². The number of aryl methyl sites for hydroxylation is 1. The van der Waals surface area contributed by atoms with Crippen molar-refractivity contribution in [2.24, 2.45) is 0 Å². The van der Waals surface area contributed by atoms with Gasteiger partial charge in [-0.1, -0.05) is 54.1 Å². The number of rotatable bonds is 4. The van der Waals surface area contributed by atoms with Crippen LogP contribution < -0.4 is 16.1 Å². The Kier molecular flexibility index (Phi) is 5.60. The summed E-state index contributed by atoms with van der Waals surface area (Å²) in [6.45, 7) is 0.557. The van der Waals surface area contributed by atoms with E-state index in [9.17, 15) is 14.4 Å². The Bertz CT molecular complexity index is 1470. The molecule has 0 saturated carbocycles. The first-order valence-corrected chi connectivity index (χ1v) is 11.3. The van der Waals surface area contributed by atoms with Crippen molar-refractivity contribution < 1.29 is 4.79 Å². The summed E-state index contributed by atoms with van der Waals surface area (Å²) >= 11 is 5.97. The number of nitrogens with zero attached hydrogens (tertiary/aromatic N) is 3. The largest absolute Gasteiger partial charge is 0.332 e. The van der Waals surface area contributed by atoms with Crippen molar-refractivity contribution in [3.05, 3.63) is 110 Å². The lowest BCUT2D eigenvalue weighted by Crippen LogP contribution is -2.44. The number of anilines is 1. The third kappa shape index (κ3) is 3.98. The molecule has 7 heteroatoms. The maximum atomic E-state index is 13.5. The van der Waals surface area contributed by atoms with Gasteiger partial charge < -0.3 is 4.90 Å². The molecule has 0 fully saturated rings. The number of hydrogen-bond acceptors (Lipinski definition) is 3. The van der Waals surface area contributed by atoms with Crippen molar-refractivity contribution in [1.29, 1.82) is 0 Å². The van der Waals surface area contributed by atoms with Gasteiger partial charge in [0.1, 0.15) is 6.54 Å². The van der Waals surface area contributed by atoms with E-state index in [-0.39, 0.29) is 24.6 Å². The molecular formula is C26H22ClN3O3. The van der Waals surface area contributed by atoms with Crippen molar-refractivity contribution in [2.45, 2.75) is 25.9 Å². The van der Waals surface area contributed by atoms with E-state index in [1.54, 1.807) is 53.4 Å². The molecule has 0 radical (unpaired) electrons. The second-order valence-corrected chi connectivity index (χ2v) is 8.62. The van der Waals surface area contributed by atoms with Crippen LogP contribution in [-0.4, -0.2) is 21.6 Å². The second kappa shape index (κ2) is 8.71. The van der Waals surface area contributed by atoms with Crippen LogP contribution in [-0.2, 0) is 24.3 Å². The molecule has 3 aromatic carbocycles. The van der Waals surface area contributed by atoms with Gasteiger partial charge in [-0.05, 0) is 54.3 Å². The highest BCUT2D eigenvalue weighted by atomic mass is 35.5. The first kappa shape index (κ1) is 21.2. The van der Waals surface area contributed by atoms with Crippen LogP contribution in [0.15, 0.2) is 82.4 Å². The van der Waals surface area contributed by atoms with Crippen LogP contribution in [0.5, 0.6) is 0 Å². The molecule has 0 aliphatic carbocycles. The topological polar surface area (TPSA) is 64.3 Å². The minimum atomic E-state index is -0.507. The first-order chi connectivity index (χ1) is 16.0. The van der Waals surface area contributed by atoms with E-state index in [1.807, 2.05) is 24.3 Å². The highest BCUT2D eigenvalue weighted by Crippen LogP contribution is 2.27. The number of halogens is 1. The van der Waals surface area contributed by atoms with Gasteiger partial charge in [-0.3, -0.25) is 18.7 Å². The summed E-state index contributed by atoms with van der Waals surface area (Å²) in [5.41, 5.74) is 2.36. The number of carbonyl (C=O) groups excluding carboxylic acids is 1. The Morgan fingerprint density at radius 2 is 1.61 bits per heavy atom. The molecule has 0 saturated heterocycles. The second-order valence-electron chi connectivity index (χ2n) is 8.18. The third-order valence-electron chi connectivity index (χ3n) is 6.09. The van der Waals surface area contributed by atoms with Gasteiger partial charge in [0.2, 0.25) is 5.91 Å². The van der Waals surface area contributed by atoms with Gasteiger partial charge in [-0.15, -0.1) is 0 Å². The highest BCUT2D eigenvalue weighted by molar-refractivity contribution is 6.30. The SMILES string of the molecule is O=C(Cn1c(=O)n(Cc2ccc(Cl)cc2)c(=O)c2ccccc21)N1CCCc2ccccc21. The minimum Gasteiger partial charge on any atom is -0.311 e. The maximum absolute atomic E-state index is 13.5. The molecule has 6 nitrogen and oxygen atoms in total. The Hall–Kier alpha value is -3.64. The summed E-state index contributed by atoms with van der Waals surface area (Å²) in [5, 5.41) is 0.979. The van der Waals surface area contributed by atoms with Crippen LogP contribution in [0.4, 0.5) is 5.69 Å². The normalized spacial score (nSPS) is 13.2. The molecule has 1 aromatic heterocycles. The number of fused-ring (bicyclic) bond motifs is 2. The van der Waals surface area contributed by atoms with E-state index >= 15 is 0 Å². The Morgan fingerprint density at radius 3 is 2.42 bits per heavy atom. The number of aromatic nitrogens is 2. The molecule has 1 amide bonds. The fourth-order valence-electron chi connectivity index (χ4n) is 4.45. The van der Waals surface area contributed by atoms with Gasteiger partial charge in [0, 0.05) is 17.3 Å². The molecule has 166 valence electrons. The average Bonchev–Trinajstić information content (AvgIpc) is 2.85. The van der Waals surface area contributed by atoms with Crippen molar-refractivity contribution in [3.8, 4) is 0 Å². The smallest absolute Gasteiger partial charge is 0.311 e. The lowest BCUT2D eigenvalue weighted by Gasteiger charge is -2.30. The summed E-state index contributed by atoms with van der Waals surface area (Å²) in [6, 6.07) is 21.8. The van der Waals surface area contributed by atoms with E-state index < -0.39 is 5.69 Å². The van der Waals surface area contributed by atoms with Crippen molar-refractivity contribution >= 4 is 34.1 Å². The molecule has 0 atom stereocenters. The molecule has 0 spiro atoms. The number of benzene rings is 3. The molecule has 1 aliphatic heterocycles. The summed E-state index contributed by atoms with van der Waals surface area (Å²) in [7, 11) is 0. The zero-order valence-electron chi connectivity index (χ0n) is 17.9. The monoisotopic (exact) mass is 459 g/mol. The van der Waals surface area contributed by atoms with Crippen LogP contribution >= 0.6 is 11.6 Å². The third-order valence-corrected chi connectivity index (χ3v) is 6.34. The Balaban J connectivity index is 1.58. The lowest BCUT2D eigenvalue weighted by molar-refractivity contribution is -0.119. The molecular weight excluding hydrogens is 438 g/mol. The molecule has 0 bridgehead atoms. The average molecular weight is 460 g/mol. The van der Waals surface area contributed by atoms with E-state index in [1.165, 1.54) is 9.13 Å². The van der Waals surface area contributed by atoms with Crippen LogP contribution in [0.25, 0.3) is 10.9 Å². The van der Waals surface area contributed by atoms with Crippen molar-refractivity contribution in [3.63, 3.8) is 0 Å². The summed E-state index contributed by atoms with van der Waals surface area (Å²) in [5.74, 6) is -0.175. The summed E-state index contributed by atoms with van der Waals surface area (Å²) in [4.78, 5) is 41.7. The molecule has 5 rings (SSSR count). The predicted molar refractivity (Wildman–Crippen MR) is 130 cm³/mol. The molecule has 1 aliphatic rings. The van der Waals surface area contributed by atoms with E-state index in [0.717, 1.165) is 29.7 Å². The van der Waals surface area contributed by atoms with E-state index in [2.05, 4.69) is 0 Å². The van der Waals surface area contributed by atoms with Gasteiger partial charge in [-0.2, -0.15) is 0 Å². The zero-order chi connectivity index (χ0) is 22.9. The van der Waals surface area contributed by atoms with Crippen LogP contribution in [0.2, 0.25) is 5.02 Å². The van der Waals surface area contributed by atoms with Crippen LogP contribution in [0.1, 0.15) is 17.5 Å². The molecule has 0 N–H and O–H groups in total. The quantitative estimate of drug-likeness (QED) is 0.465. The maximum Gasteiger partial charge on any atom is 0.332 e. The standard InChI is InChI=1S/C26H22ClN3O3/c27-20-13-11-18(12-14-20)16-30-25(32)21-8-2-4-10-23(21)29(26(30)33)17-24(31)28-15-5-7-19-6-1-3-9-22(19)28/h1-4,6,8-14H,5,7,15-17H2. The van der Waals surface area contributed by atoms with E-state index in [0.29, 0.717) is 22.5 Å². The predicted octanol–water partition coefficient (Wildman–Crippen LogP) is 3.84. The van der Waals surface area contributed by atoms with Crippen molar-refractivity contribution in [1.82, 2.24) is 9.13 Å². The van der Waals surface area contributed by atoms with Crippen LogP contribution in [0, 0.1) is 0 Å². The summed E-state index contributed by atoms with van der Waals surface area (Å²) < 4.78 is 2.59. The van der Waals surface area contributed by atoms with Gasteiger partial charge in [0.25, 0.3) is 5.56 Å². The van der Waals surface area contributed by atoms with Crippen LogP contribution in [0.3, 0.4) is 0 Å². The fourth-order valence-corrected chi connectivity index (χ4v) is 4.57. The summed E-state index contributed by atoms with van der Waals surface area (Å²) in [6.07, 6.45) is 1.79. The molecule has 2 heterocycles. The fraction of sp³-hybridized carbons (Fsp3) is 0.192. The molecule has 0 unspecified atom stereocenters. The number of hydrogen-bond donors (Lipinski definition) is 0. The number of para-hydroxylation sites is 2. The number of carbonyl (C=O) groups is 1. The molecule has 33 heavy (non-hydrogen) atoms. The Labute approximate surface area is 195 Å².